The van der Waals surface area contributed by atoms with E-state index >= 15 is 0 Å². The van der Waals surface area contributed by atoms with Crippen LogP contribution in [0.1, 0.15) is 47.8 Å². The second-order valence-corrected chi connectivity index (χ2v) is 6.65. The normalized spacial score (nSPS) is 16.5. The Bertz CT molecular complexity index is 1110. The van der Waals surface area contributed by atoms with Gasteiger partial charge in [0, 0.05) is 22.8 Å². The number of carbonyl (C=O) groups excluding carboxylic acids is 3. The van der Waals surface area contributed by atoms with Gasteiger partial charge in [0.25, 0.3) is 0 Å². The first-order chi connectivity index (χ1) is 13.6. The Kier molecular flexibility index (Phi) is 3.52. The van der Waals surface area contributed by atoms with Gasteiger partial charge in [-0.15, -0.1) is 0 Å². The van der Waals surface area contributed by atoms with E-state index in [2.05, 4.69) is 0 Å². The minimum atomic E-state index is -0.494. The van der Waals surface area contributed by atoms with Crippen LogP contribution in [0.5, 0.6) is 11.5 Å². The molecule has 2 aliphatic heterocycles. The molecule has 5 rings (SSSR count). The first kappa shape index (κ1) is 16.6. The summed E-state index contributed by atoms with van der Waals surface area (Å²) in [5.74, 6) is 0.00148. The summed E-state index contributed by atoms with van der Waals surface area (Å²) in [5, 5.41) is 0. The molecular weight excluding hydrogens is 364 g/mol. The van der Waals surface area contributed by atoms with Crippen LogP contribution in [-0.4, -0.2) is 31.4 Å². The van der Waals surface area contributed by atoms with Gasteiger partial charge in [-0.25, -0.2) is 4.79 Å². The standard InChI is InChI=1S/C21H14O7/c1-25-18-7-15(22)13-6-12-14(8-26-21(12)24)11(19(13)20(18)23)4-10-2-3-16-17(5-10)28-9-27-16/h2-3,5-7H,4,8-9H2,1H3. The smallest absolute Gasteiger partial charge is 0.338 e. The lowest BCUT2D eigenvalue weighted by molar-refractivity contribution is 0.0534. The summed E-state index contributed by atoms with van der Waals surface area (Å²) < 4.78 is 21.0. The van der Waals surface area contributed by atoms with Gasteiger partial charge in [-0.1, -0.05) is 6.07 Å². The molecular formula is C21H14O7. The first-order valence-electron chi connectivity index (χ1n) is 8.66. The van der Waals surface area contributed by atoms with Gasteiger partial charge in [0.1, 0.15) is 6.61 Å². The van der Waals surface area contributed by atoms with E-state index in [-0.39, 0.29) is 41.9 Å². The van der Waals surface area contributed by atoms with Crippen LogP contribution >= 0.6 is 0 Å². The second kappa shape index (κ2) is 5.95. The number of hydrogen-bond donors (Lipinski definition) is 0. The van der Waals surface area contributed by atoms with Crippen molar-refractivity contribution < 1.29 is 33.3 Å². The van der Waals surface area contributed by atoms with Gasteiger partial charge >= 0.3 is 5.97 Å². The van der Waals surface area contributed by atoms with Crippen LogP contribution < -0.4 is 9.47 Å². The van der Waals surface area contributed by atoms with Gasteiger partial charge < -0.3 is 18.9 Å². The molecule has 7 heteroatoms. The third-order valence-corrected chi connectivity index (χ3v) is 5.13. The molecule has 0 saturated heterocycles. The summed E-state index contributed by atoms with van der Waals surface area (Å²) in [5.41, 5.74) is 2.86. The molecule has 0 fully saturated rings. The highest BCUT2D eigenvalue weighted by molar-refractivity contribution is 6.25. The molecule has 0 N–H and O–H groups in total. The number of ketones is 2. The van der Waals surface area contributed by atoms with Gasteiger partial charge in [0.2, 0.25) is 12.6 Å². The van der Waals surface area contributed by atoms with Crippen LogP contribution in [0.25, 0.3) is 0 Å². The SMILES string of the molecule is COC1=CC(=O)c2cc3c(c(Cc4ccc5c(c4)OCO5)c2C1=O)COC3=O. The van der Waals surface area contributed by atoms with Crippen LogP contribution in [0.4, 0.5) is 0 Å². The monoisotopic (exact) mass is 378 g/mol. The maximum atomic E-state index is 13.0. The number of allylic oxidation sites excluding steroid dienone is 2. The lowest BCUT2D eigenvalue weighted by atomic mass is 9.82. The molecule has 2 aromatic carbocycles. The maximum absolute atomic E-state index is 13.0. The summed E-state index contributed by atoms with van der Waals surface area (Å²) in [4.78, 5) is 37.6. The fourth-order valence-corrected chi connectivity index (χ4v) is 3.78. The number of esters is 1. The molecule has 0 amide bonds. The molecule has 3 aliphatic rings. The van der Waals surface area contributed by atoms with E-state index in [0.29, 0.717) is 34.6 Å². The predicted molar refractivity (Wildman–Crippen MR) is 94.7 cm³/mol. The summed E-state index contributed by atoms with van der Waals surface area (Å²) in [6.45, 7) is 0.223. The summed E-state index contributed by atoms with van der Waals surface area (Å²) in [6.07, 6.45) is 1.48. The van der Waals surface area contributed by atoms with Crippen LogP contribution in [0.2, 0.25) is 0 Å². The van der Waals surface area contributed by atoms with Gasteiger partial charge in [-0.3, -0.25) is 9.59 Å². The molecule has 0 spiro atoms. The molecule has 1 aliphatic carbocycles. The van der Waals surface area contributed by atoms with Crippen LogP contribution in [0.15, 0.2) is 36.1 Å². The Hall–Kier alpha value is -3.61. The summed E-state index contributed by atoms with van der Waals surface area (Å²) >= 11 is 0. The lowest BCUT2D eigenvalue weighted by Gasteiger charge is -2.20. The van der Waals surface area contributed by atoms with Crippen molar-refractivity contribution in [2.24, 2.45) is 0 Å². The Morgan fingerprint density at radius 2 is 1.82 bits per heavy atom. The van der Waals surface area contributed by atoms with E-state index in [1.165, 1.54) is 13.2 Å². The van der Waals surface area contributed by atoms with Crippen molar-refractivity contribution in [1.82, 2.24) is 0 Å². The van der Waals surface area contributed by atoms with Crippen molar-refractivity contribution in [3.63, 3.8) is 0 Å². The molecule has 7 nitrogen and oxygen atoms in total. The van der Waals surface area contributed by atoms with Crippen molar-refractivity contribution in [3.8, 4) is 11.5 Å². The van der Waals surface area contributed by atoms with E-state index in [4.69, 9.17) is 18.9 Å². The van der Waals surface area contributed by atoms with Gasteiger partial charge in [0.05, 0.1) is 12.7 Å². The highest BCUT2D eigenvalue weighted by Gasteiger charge is 2.35. The zero-order valence-corrected chi connectivity index (χ0v) is 14.9. The summed E-state index contributed by atoms with van der Waals surface area (Å²) in [6, 6.07) is 6.93. The van der Waals surface area contributed by atoms with E-state index in [1.807, 2.05) is 12.1 Å². The predicted octanol–water partition coefficient (Wildman–Crippen LogP) is 2.59. The Labute approximate surface area is 159 Å². The number of benzene rings is 2. The Balaban J connectivity index is 1.69. The van der Waals surface area contributed by atoms with Crippen LogP contribution in [0, 0.1) is 0 Å². The Morgan fingerprint density at radius 1 is 1.00 bits per heavy atom. The van der Waals surface area contributed by atoms with Crippen molar-refractivity contribution in [1.29, 1.82) is 0 Å². The molecule has 0 aromatic heterocycles. The number of carbonyl (C=O) groups is 3. The maximum Gasteiger partial charge on any atom is 0.338 e. The lowest BCUT2D eigenvalue weighted by Crippen LogP contribution is -2.22. The quantitative estimate of drug-likeness (QED) is 0.759. The van der Waals surface area contributed by atoms with Crippen molar-refractivity contribution in [2.45, 2.75) is 13.0 Å². The van der Waals surface area contributed by atoms with Crippen molar-refractivity contribution in [2.75, 3.05) is 13.9 Å². The Morgan fingerprint density at radius 3 is 2.64 bits per heavy atom. The molecule has 0 unspecified atom stereocenters. The van der Waals surface area contributed by atoms with E-state index in [9.17, 15) is 14.4 Å². The largest absolute Gasteiger partial charge is 0.492 e. The number of rotatable bonds is 3. The van der Waals surface area contributed by atoms with Crippen molar-refractivity contribution >= 4 is 17.5 Å². The third kappa shape index (κ3) is 2.32. The van der Waals surface area contributed by atoms with Crippen LogP contribution in [-0.2, 0) is 22.5 Å². The zero-order chi connectivity index (χ0) is 19.4. The molecule has 28 heavy (non-hydrogen) atoms. The molecule has 0 atom stereocenters. The third-order valence-electron chi connectivity index (χ3n) is 5.13. The first-order valence-corrected chi connectivity index (χ1v) is 8.66. The van der Waals surface area contributed by atoms with E-state index < -0.39 is 5.97 Å². The number of methoxy groups -OCH3 is 1. The average molecular weight is 378 g/mol. The molecule has 0 radical (unpaired) electrons. The minimum absolute atomic E-state index is 0.0189. The number of Topliss-reactive ketones (excluding diaryl/α,β-unsaturated/α-hetero) is 1. The second-order valence-electron chi connectivity index (χ2n) is 6.65. The molecule has 0 saturated carbocycles. The fraction of sp³-hybridized carbons (Fsp3) is 0.190. The van der Waals surface area contributed by atoms with Gasteiger partial charge in [-0.2, -0.15) is 0 Å². The number of hydrogen-bond acceptors (Lipinski definition) is 7. The van der Waals surface area contributed by atoms with Crippen LogP contribution in [0.3, 0.4) is 0 Å². The molecule has 140 valence electrons. The number of fused-ring (bicyclic) bond motifs is 3. The van der Waals surface area contributed by atoms with E-state index in [0.717, 1.165) is 11.6 Å². The van der Waals surface area contributed by atoms with Gasteiger partial charge in [-0.05, 0) is 35.7 Å². The zero-order valence-electron chi connectivity index (χ0n) is 14.9. The fourth-order valence-electron chi connectivity index (χ4n) is 3.78. The minimum Gasteiger partial charge on any atom is -0.492 e. The van der Waals surface area contributed by atoms with E-state index in [1.54, 1.807) is 6.07 Å². The highest BCUT2D eigenvalue weighted by atomic mass is 16.7. The topological polar surface area (TPSA) is 88.1 Å². The molecule has 2 heterocycles. The molecule has 2 aromatic rings. The average Bonchev–Trinajstić information content (AvgIpc) is 3.31. The highest BCUT2D eigenvalue weighted by Crippen LogP contribution is 2.37. The molecule has 0 bridgehead atoms. The number of cyclic esters (lactones) is 1. The number of ether oxygens (including phenoxy) is 4. The van der Waals surface area contributed by atoms with Crippen molar-refractivity contribution in [3.05, 3.63) is 69.5 Å². The summed E-state index contributed by atoms with van der Waals surface area (Å²) in [7, 11) is 1.35. The van der Waals surface area contributed by atoms with Gasteiger partial charge in [0.15, 0.2) is 23.0 Å².